The van der Waals surface area contributed by atoms with Gasteiger partial charge in [0.15, 0.2) is 0 Å². The normalized spacial score (nSPS) is 20.7. The van der Waals surface area contributed by atoms with Gasteiger partial charge in [-0.05, 0) is 76.8 Å². The molecule has 0 atom stereocenters. The van der Waals surface area contributed by atoms with Crippen LogP contribution in [0.5, 0.6) is 5.75 Å². The maximum Gasteiger partial charge on any atom is 0.410 e. The SMILES string of the molecule is COC1(CCOc2cccc(N)c2)CCC2(CCN(C(=O)OC(C)(C)C)CC2)CC1. The molecule has 168 valence electrons. The third-order valence-electron chi connectivity index (χ3n) is 6.82. The summed E-state index contributed by atoms with van der Waals surface area (Å²) in [6, 6.07) is 7.56. The van der Waals surface area contributed by atoms with Crippen molar-refractivity contribution in [2.45, 2.75) is 76.9 Å². The van der Waals surface area contributed by atoms with Gasteiger partial charge < -0.3 is 24.8 Å². The minimum Gasteiger partial charge on any atom is -0.493 e. The van der Waals surface area contributed by atoms with Gasteiger partial charge in [-0.15, -0.1) is 0 Å². The number of nitrogens with two attached hydrogens (primary N) is 1. The van der Waals surface area contributed by atoms with E-state index in [4.69, 9.17) is 19.9 Å². The molecule has 0 bridgehead atoms. The van der Waals surface area contributed by atoms with Gasteiger partial charge in [-0.2, -0.15) is 0 Å². The summed E-state index contributed by atoms with van der Waals surface area (Å²) in [6.07, 6.45) is 7.14. The summed E-state index contributed by atoms with van der Waals surface area (Å²) >= 11 is 0. The first-order valence-corrected chi connectivity index (χ1v) is 11.2. The number of carbonyl (C=O) groups is 1. The second-order valence-corrected chi connectivity index (χ2v) is 10.0. The van der Waals surface area contributed by atoms with Crippen LogP contribution in [0.1, 0.15) is 65.7 Å². The van der Waals surface area contributed by atoms with Crippen LogP contribution >= 0.6 is 0 Å². The fourth-order valence-electron chi connectivity index (χ4n) is 4.74. The van der Waals surface area contributed by atoms with Crippen LogP contribution < -0.4 is 10.5 Å². The Hall–Kier alpha value is -1.95. The smallest absolute Gasteiger partial charge is 0.410 e. The third-order valence-corrected chi connectivity index (χ3v) is 6.82. The number of anilines is 1. The highest BCUT2D eigenvalue weighted by Gasteiger charge is 2.45. The van der Waals surface area contributed by atoms with Crippen LogP contribution in [0, 0.1) is 5.41 Å². The quantitative estimate of drug-likeness (QED) is 0.680. The van der Waals surface area contributed by atoms with Crippen molar-refractivity contribution in [1.82, 2.24) is 4.90 Å². The van der Waals surface area contributed by atoms with Crippen molar-refractivity contribution < 1.29 is 19.0 Å². The van der Waals surface area contributed by atoms with Gasteiger partial charge in [0.2, 0.25) is 0 Å². The molecule has 1 aliphatic carbocycles. The molecule has 30 heavy (non-hydrogen) atoms. The Bertz CT molecular complexity index is 710. The van der Waals surface area contributed by atoms with Crippen LogP contribution in [0.2, 0.25) is 0 Å². The number of hydrogen-bond acceptors (Lipinski definition) is 5. The fourth-order valence-corrected chi connectivity index (χ4v) is 4.74. The van der Waals surface area contributed by atoms with Gasteiger partial charge in [-0.1, -0.05) is 6.07 Å². The van der Waals surface area contributed by atoms with E-state index in [2.05, 4.69) is 0 Å². The molecule has 1 saturated heterocycles. The van der Waals surface area contributed by atoms with E-state index in [1.165, 1.54) is 0 Å². The topological polar surface area (TPSA) is 74.0 Å². The fraction of sp³-hybridized carbons (Fsp3) is 0.708. The molecule has 0 aromatic heterocycles. The summed E-state index contributed by atoms with van der Waals surface area (Å²) < 4.78 is 17.5. The molecule has 6 nitrogen and oxygen atoms in total. The van der Waals surface area contributed by atoms with Gasteiger partial charge in [0.25, 0.3) is 0 Å². The number of rotatable bonds is 5. The number of hydrogen-bond donors (Lipinski definition) is 1. The lowest BCUT2D eigenvalue weighted by Gasteiger charge is -2.49. The lowest BCUT2D eigenvalue weighted by Crippen LogP contribution is -2.49. The number of carbonyl (C=O) groups excluding carboxylic acids is 1. The van der Waals surface area contributed by atoms with Gasteiger partial charge in [-0.3, -0.25) is 0 Å². The highest BCUT2D eigenvalue weighted by atomic mass is 16.6. The van der Waals surface area contributed by atoms with Crippen LogP contribution in [0.3, 0.4) is 0 Å². The molecule has 1 aliphatic heterocycles. The number of nitrogens with zero attached hydrogens (tertiary/aromatic N) is 1. The molecule has 0 unspecified atom stereocenters. The average molecular weight is 419 g/mol. The lowest BCUT2D eigenvalue weighted by molar-refractivity contribution is -0.0885. The minimum atomic E-state index is -0.442. The van der Waals surface area contributed by atoms with Crippen molar-refractivity contribution >= 4 is 11.8 Å². The van der Waals surface area contributed by atoms with Gasteiger partial charge >= 0.3 is 6.09 Å². The van der Waals surface area contributed by atoms with Crippen LogP contribution in [-0.2, 0) is 9.47 Å². The molecule has 2 fully saturated rings. The van der Waals surface area contributed by atoms with Gasteiger partial charge in [0.05, 0.1) is 12.2 Å². The zero-order chi connectivity index (χ0) is 21.8. The molecule has 2 N–H and O–H groups in total. The lowest BCUT2D eigenvalue weighted by atomic mass is 9.63. The molecule has 1 aromatic rings. The maximum atomic E-state index is 12.4. The van der Waals surface area contributed by atoms with Crippen molar-refractivity contribution in [2.75, 3.05) is 32.5 Å². The van der Waals surface area contributed by atoms with E-state index in [-0.39, 0.29) is 11.7 Å². The number of methoxy groups -OCH3 is 1. The molecule has 3 rings (SSSR count). The number of nitrogen functional groups attached to an aromatic ring is 1. The highest BCUT2D eigenvalue weighted by molar-refractivity contribution is 5.68. The second-order valence-electron chi connectivity index (χ2n) is 10.0. The summed E-state index contributed by atoms with van der Waals surface area (Å²) in [5.41, 5.74) is 6.31. The van der Waals surface area contributed by atoms with Gasteiger partial charge in [0, 0.05) is 38.4 Å². The van der Waals surface area contributed by atoms with Crippen molar-refractivity contribution in [1.29, 1.82) is 0 Å². The number of likely N-dealkylation sites (tertiary alicyclic amines) is 1. The van der Waals surface area contributed by atoms with Crippen LogP contribution in [-0.4, -0.2) is 49.0 Å². The Balaban J connectivity index is 1.47. The summed E-state index contributed by atoms with van der Waals surface area (Å²) in [6.45, 7) is 7.94. The first-order valence-electron chi connectivity index (χ1n) is 11.2. The Labute approximate surface area is 181 Å². The average Bonchev–Trinajstić information content (AvgIpc) is 2.69. The van der Waals surface area contributed by atoms with Gasteiger partial charge in [0.1, 0.15) is 11.4 Å². The number of ether oxygens (including phenoxy) is 3. The van der Waals surface area contributed by atoms with Crippen molar-refractivity contribution in [3.63, 3.8) is 0 Å². The van der Waals surface area contributed by atoms with E-state index in [0.717, 1.165) is 63.8 Å². The third kappa shape index (κ3) is 5.81. The van der Waals surface area contributed by atoms with E-state index < -0.39 is 5.60 Å². The molecule has 1 saturated carbocycles. The van der Waals surface area contributed by atoms with Crippen LogP contribution in [0.4, 0.5) is 10.5 Å². The predicted octanol–water partition coefficient (Wildman–Crippen LogP) is 5.01. The first-order chi connectivity index (χ1) is 14.1. The number of amides is 1. The zero-order valence-electron chi connectivity index (χ0n) is 19.0. The Morgan fingerprint density at radius 1 is 1.10 bits per heavy atom. The Morgan fingerprint density at radius 2 is 1.77 bits per heavy atom. The van der Waals surface area contributed by atoms with E-state index in [9.17, 15) is 4.79 Å². The number of piperidine rings is 1. The summed E-state index contributed by atoms with van der Waals surface area (Å²) in [7, 11) is 1.82. The molecular formula is C24H38N2O4. The molecule has 1 amide bonds. The molecule has 6 heteroatoms. The van der Waals surface area contributed by atoms with Crippen molar-refractivity contribution in [3.05, 3.63) is 24.3 Å². The zero-order valence-corrected chi connectivity index (χ0v) is 19.0. The molecule has 2 aliphatic rings. The maximum absolute atomic E-state index is 12.4. The summed E-state index contributed by atoms with van der Waals surface area (Å²) in [5, 5.41) is 0. The van der Waals surface area contributed by atoms with E-state index >= 15 is 0 Å². The monoisotopic (exact) mass is 418 g/mol. The van der Waals surface area contributed by atoms with Crippen LogP contribution in [0.25, 0.3) is 0 Å². The molecule has 0 radical (unpaired) electrons. The molecule has 1 aromatic carbocycles. The van der Waals surface area contributed by atoms with Gasteiger partial charge in [-0.25, -0.2) is 4.79 Å². The molecular weight excluding hydrogens is 380 g/mol. The standard InChI is InChI=1S/C24H38N2O4/c1-22(2,3)30-21(27)26-15-12-23(13-16-26)8-10-24(28-4,11-9-23)14-17-29-20-7-5-6-19(25)18-20/h5-7,18H,8-17,25H2,1-4H3. The van der Waals surface area contributed by atoms with Crippen molar-refractivity contribution in [3.8, 4) is 5.75 Å². The number of benzene rings is 1. The molecule has 1 spiro atoms. The predicted molar refractivity (Wildman–Crippen MR) is 119 cm³/mol. The van der Waals surface area contributed by atoms with E-state index in [1.54, 1.807) is 0 Å². The Morgan fingerprint density at radius 3 is 2.33 bits per heavy atom. The largest absolute Gasteiger partial charge is 0.493 e. The molecule has 1 heterocycles. The van der Waals surface area contributed by atoms with E-state index in [0.29, 0.717) is 17.7 Å². The highest BCUT2D eigenvalue weighted by Crippen LogP contribution is 2.49. The van der Waals surface area contributed by atoms with E-state index in [1.807, 2.05) is 57.0 Å². The summed E-state index contributed by atoms with van der Waals surface area (Å²) in [4.78, 5) is 14.2. The first kappa shape index (κ1) is 22.7. The minimum absolute atomic E-state index is 0.117. The Kier molecular flexibility index (Phi) is 6.85. The van der Waals surface area contributed by atoms with Crippen molar-refractivity contribution in [2.24, 2.45) is 5.41 Å². The second kappa shape index (κ2) is 9.04. The summed E-state index contributed by atoms with van der Waals surface area (Å²) in [5.74, 6) is 0.808. The van der Waals surface area contributed by atoms with Crippen LogP contribution in [0.15, 0.2) is 24.3 Å².